The molecule has 0 N–H and O–H groups in total. The van der Waals surface area contributed by atoms with E-state index in [1.165, 1.54) is 5.56 Å². The summed E-state index contributed by atoms with van der Waals surface area (Å²) < 4.78 is 17.3. The third kappa shape index (κ3) is 4.11. The van der Waals surface area contributed by atoms with Gasteiger partial charge in [-0.15, -0.1) is 0 Å². The monoisotopic (exact) mass is 311 g/mol. The lowest BCUT2D eigenvalue weighted by Gasteiger charge is -2.17. The fourth-order valence-corrected chi connectivity index (χ4v) is 2.40. The molecule has 1 heterocycles. The molecule has 0 amide bonds. The zero-order chi connectivity index (χ0) is 16.1. The van der Waals surface area contributed by atoms with Crippen molar-refractivity contribution in [3.8, 4) is 5.75 Å². The molecule has 3 rings (SSSR count). The average Bonchev–Trinajstić information content (AvgIpc) is 2.94. The van der Waals surface area contributed by atoms with Crippen LogP contribution in [0.4, 0.5) is 0 Å². The SMILES string of the molecule is CCC(COCc1ccccc1)Oc1ccc2nc(C)oc2c1. The molecule has 2 aromatic carbocycles. The fourth-order valence-electron chi connectivity index (χ4n) is 2.40. The van der Waals surface area contributed by atoms with Crippen LogP contribution < -0.4 is 4.74 Å². The second kappa shape index (κ2) is 7.29. The van der Waals surface area contributed by atoms with Crippen LogP contribution in [0.25, 0.3) is 11.1 Å². The van der Waals surface area contributed by atoms with Crippen molar-refractivity contribution in [2.45, 2.75) is 33.0 Å². The minimum absolute atomic E-state index is 0.0141. The van der Waals surface area contributed by atoms with Gasteiger partial charge in [0.05, 0.1) is 13.2 Å². The molecule has 0 saturated carbocycles. The number of aryl methyl sites for hydroxylation is 1. The minimum Gasteiger partial charge on any atom is -0.488 e. The lowest BCUT2D eigenvalue weighted by Crippen LogP contribution is -2.22. The predicted octanol–water partition coefficient (Wildman–Crippen LogP) is 4.51. The maximum atomic E-state index is 6.01. The average molecular weight is 311 g/mol. The largest absolute Gasteiger partial charge is 0.488 e. The van der Waals surface area contributed by atoms with Crippen LogP contribution in [0.5, 0.6) is 5.75 Å². The molecule has 3 aromatic rings. The Labute approximate surface area is 136 Å². The molecule has 0 aliphatic rings. The van der Waals surface area contributed by atoms with Crippen molar-refractivity contribution in [1.82, 2.24) is 4.98 Å². The van der Waals surface area contributed by atoms with Crippen molar-refractivity contribution in [3.63, 3.8) is 0 Å². The second-order valence-electron chi connectivity index (χ2n) is 5.51. The number of oxazole rings is 1. The first-order chi connectivity index (χ1) is 11.2. The topological polar surface area (TPSA) is 44.5 Å². The first kappa shape index (κ1) is 15.6. The van der Waals surface area contributed by atoms with Gasteiger partial charge in [-0.2, -0.15) is 0 Å². The van der Waals surface area contributed by atoms with E-state index >= 15 is 0 Å². The molecular weight excluding hydrogens is 290 g/mol. The van der Waals surface area contributed by atoms with Gasteiger partial charge < -0.3 is 13.9 Å². The third-order valence-electron chi connectivity index (χ3n) is 3.64. The van der Waals surface area contributed by atoms with Crippen LogP contribution in [0.15, 0.2) is 52.9 Å². The Kier molecular flexibility index (Phi) is 4.93. The van der Waals surface area contributed by atoms with Crippen LogP contribution in [0.3, 0.4) is 0 Å². The van der Waals surface area contributed by atoms with Gasteiger partial charge in [0.1, 0.15) is 17.4 Å². The lowest BCUT2D eigenvalue weighted by atomic mass is 10.2. The summed E-state index contributed by atoms with van der Waals surface area (Å²) >= 11 is 0. The number of hydrogen-bond acceptors (Lipinski definition) is 4. The van der Waals surface area contributed by atoms with Gasteiger partial charge in [0.15, 0.2) is 11.5 Å². The van der Waals surface area contributed by atoms with Crippen LogP contribution in [0, 0.1) is 6.92 Å². The normalized spacial score (nSPS) is 12.4. The number of aromatic nitrogens is 1. The highest BCUT2D eigenvalue weighted by atomic mass is 16.5. The number of benzene rings is 2. The Bertz CT molecular complexity index is 752. The molecule has 0 spiro atoms. The number of nitrogens with zero attached hydrogens (tertiary/aromatic N) is 1. The Balaban J connectivity index is 1.57. The zero-order valence-corrected chi connectivity index (χ0v) is 13.5. The smallest absolute Gasteiger partial charge is 0.192 e. The summed E-state index contributed by atoms with van der Waals surface area (Å²) in [6, 6.07) is 15.9. The maximum Gasteiger partial charge on any atom is 0.192 e. The van der Waals surface area contributed by atoms with Gasteiger partial charge in [0.25, 0.3) is 0 Å². The summed E-state index contributed by atoms with van der Waals surface area (Å²) in [5.41, 5.74) is 2.77. The molecule has 0 radical (unpaired) electrons. The maximum absolute atomic E-state index is 6.01. The summed E-state index contributed by atoms with van der Waals surface area (Å²) in [5, 5.41) is 0. The van der Waals surface area contributed by atoms with E-state index < -0.39 is 0 Å². The number of hydrogen-bond donors (Lipinski definition) is 0. The van der Waals surface area contributed by atoms with E-state index in [9.17, 15) is 0 Å². The summed E-state index contributed by atoms with van der Waals surface area (Å²) in [6.45, 7) is 5.08. The second-order valence-corrected chi connectivity index (χ2v) is 5.51. The van der Waals surface area contributed by atoms with Crippen LogP contribution in [0.2, 0.25) is 0 Å². The predicted molar refractivity (Wildman–Crippen MR) is 89.6 cm³/mol. The molecule has 0 fully saturated rings. The van der Waals surface area contributed by atoms with E-state index in [-0.39, 0.29) is 6.10 Å². The standard InChI is InChI=1S/C19H21NO3/c1-3-16(13-21-12-15-7-5-4-6-8-15)23-17-9-10-18-19(11-17)22-14(2)20-18/h4-11,16H,3,12-13H2,1-2H3. The summed E-state index contributed by atoms with van der Waals surface area (Å²) in [5.74, 6) is 1.44. The van der Waals surface area contributed by atoms with E-state index in [0.717, 1.165) is 23.3 Å². The van der Waals surface area contributed by atoms with Crippen molar-refractivity contribution in [2.24, 2.45) is 0 Å². The quantitative estimate of drug-likeness (QED) is 0.644. The lowest BCUT2D eigenvalue weighted by molar-refractivity contribution is 0.0395. The van der Waals surface area contributed by atoms with Gasteiger partial charge in [-0.3, -0.25) is 0 Å². The molecule has 120 valence electrons. The first-order valence-electron chi connectivity index (χ1n) is 7.90. The summed E-state index contributed by atoms with van der Waals surface area (Å²) in [4.78, 5) is 4.29. The fraction of sp³-hybridized carbons (Fsp3) is 0.316. The van der Waals surface area contributed by atoms with E-state index in [2.05, 4.69) is 24.0 Å². The Morgan fingerprint density at radius 2 is 1.96 bits per heavy atom. The molecule has 0 aliphatic heterocycles. The zero-order valence-electron chi connectivity index (χ0n) is 13.5. The molecule has 4 heteroatoms. The van der Waals surface area contributed by atoms with Crippen LogP contribution in [-0.2, 0) is 11.3 Å². The number of fused-ring (bicyclic) bond motifs is 1. The van der Waals surface area contributed by atoms with Crippen molar-refractivity contribution >= 4 is 11.1 Å². The summed E-state index contributed by atoms with van der Waals surface area (Å²) in [6.07, 6.45) is 0.891. The minimum atomic E-state index is 0.0141. The van der Waals surface area contributed by atoms with E-state index in [1.807, 2.05) is 43.3 Å². The molecule has 1 atom stereocenters. The van der Waals surface area contributed by atoms with E-state index in [0.29, 0.717) is 19.1 Å². The van der Waals surface area contributed by atoms with Crippen LogP contribution in [0.1, 0.15) is 24.8 Å². The Hall–Kier alpha value is -2.33. The third-order valence-corrected chi connectivity index (χ3v) is 3.64. The molecule has 1 aromatic heterocycles. The molecule has 23 heavy (non-hydrogen) atoms. The highest BCUT2D eigenvalue weighted by molar-refractivity contribution is 5.74. The van der Waals surface area contributed by atoms with Crippen molar-refractivity contribution in [1.29, 1.82) is 0 Å². The molecular formula is C19H21NO3. The number of rotatable bonds is 7. The molecule has 0 saturated heterocycles. The van der Waals surface area contributed by atoms with Crippen molar-refractivity contribution in [3.05, 3.63) is 60.0 Å². The van der Waals surface area contributed by atoms with Crippen molar-refractivity contribution in [2.75, 3.05) is 6.61 Å². The van der Waals surface area contributed by atoms with Crippen molar-refractivity contribution < 1.29 is 13.9 Å². The molecule has 0 bridgehead atoms. The summed E-state index contributed by atoms with van der Waals surface area (Å²) in [7, 11) is 0. The van der Waals surface area contributed by atoms with Crippen LogP contribution in [-0.4, -0.2) is 17.7 Å². The van der Waals surface area contributed by atoms with E-state index in [4.69, 9.17) is 13.9 Å². The Morgan fingerprint density at radius 3 is 2.74 bits per heavy atom. The van der Waals surface area contributed by atoms with E-state index in [1.54, 1.807) is 0 Å². The molecule has 4 nitrogen and oxygen atoms in total. The highest BCUT2D eigenvalue weighted by Gasteiger charge is 2.10. The molecule has 0 aliphatic carbocycles. The van der Waals surface area contributed by atoms with Gasteiger partial charge in [0, 0.05) is 13.0 Å². The van der Waals surface area contributed by atoms with Gasteiger partial charge in [-0.05, 0) is 24.1 Å². The van der Waals surface area contributed by atoms with Gasteiger partial charge in [-0.25, -0.2) is 4.98 Å². The highest BCUT2D eigenvalue weighted by Crippen LogP contribution is 2.22. The van der Waals surface area contributed by atoms with Gasteiger partial charge in [0.2, 0.25) is 0 Å². The Morgan fingerprint density at radius 1 is 1.13 bits per heavy atom. The van der Waals surface area contributed by atoms with Gasteiger partial charge in [-0.1, -0.05) is 37.3 Å². The number of ether oxygens (including phenoxy) is 2. The van der Waals surface area contributed by atoms with Gasteiger partial charge >= 0.3 is 0 Å². The molecule has 1 unspecified atom stereocenters. The van der Waals surface area contributed by atoms with Crippen LogP contribution >= 0.6 is 0 Å². The first-order valence-corrected chi connectivity index (χ1v) is 7.90.